The third-order valence-electron chi connectivity index (χ3n) is 4.99. The van der Waals surface area contributed by atoms with Crippen LogP contribution in [-0.2, 0) is 4.79 Å². The summed E-state index contributed by atoms with van der Waals surface area (Å²) < 4.78 is 5.58. The van der Waals surface area contributed by atoms with Gasteiger partial charge in [0.15, 0.2) is 11.7 Å². The summed E-state index contributed by atoms with van der Waals surface area (Å²) in [7, 11) is 0. The van der Waals surface area contributed by atoms with Gasteiger partial charge in [0.1, 0.15) is 16.8 Å². The molecule has 0 spiro atoms. The van der Waals surface area contributed by atoms with Gasteiger partial charge in [0.25, 0.3) is 5.91 Å². The molecule has 33 heavy (non-hydrogen) atoms. The third-order valence-corrected chi connectivity index (χ3v) is 5.79. The molecule has 0 aliphatic carbocycles. The molecule has 4 rings (SSSR count). The molecule has 0 unspecified atom stereocenters. The van der Waals surface area contributed by atoms with E-state index in [2.05, 4.69) is 20.8 Å². The number of carbonyl (C=O) groups excluding carboxylic acids is 1. The SMILES string of the molecule is Cc1cc2nn(-c3ccccc3)nc2cc1NC(=S)NC(=O)COc1cc(C)c(Cl)c(C)c1. The number of thiocarbonyl (C=S) groups is 1. The lowest BCUT2D eigenvalue weighted by molar-refractivity contribution is -0.121. The lowest BCUT2D eigenvalue weighted by Crippen LogP contribution is -2.37. The maximum atomic E-state index is 12.3. The van der Waals surface area contributed by atoms with Gasteiger partial charge in [0.2, 0.25) is 0 Å². The maximum absolute atomic E-state index is 12.3. The molecule has 2 N–H and O–H groups in total. The van der Waals surface area contributed by atoms with E-state index in [0.29, 0.717) is 16.3 Å². The highest BCUT2D eigenvalue weighted by Gasteiger charge is 2.12. The van der Waals surface area contributed by atoms with Gasteiger partial charge < -0.3 is 10.1 Å². The molecule has 1 heterocycles. The average Bonchev–Trinajstić information content (AvgIpc) is 3.19. The molecule has 1 amide bonds. The van der Waals surface area contributed by atoms with Crippen LogP contribution in [0.1, 0.15) is 16.7 Å². The number of amides is 1. The summed E-state index contributed by atoms with van der Waals surface area (Å²) in [6.07, 6.45) is 0. The molecule has 4 aromatic rings. The monoisotopic (exact) mass is 479 g/mol. The number of para-hydroxylation sites is 1. The Morgan fingerprint density at radius 1 is 1.00 bits per heavy atom. The molecule has 1 aromatic heterocycles. The standard InChI is InChI=1S/C24H22ClN5O2S/c1-14-11-20-21(29-30(28-20)17-7-5-4-6-8-17)12-19(14)26-24(33)27-22(31)13-32-18-9-15(2)23(25)16(3)10-18/h4-12H,13H2,1-3H3,(H2,26,27,31,33). The minimum Gasteiger partial charge on any atom is -0.484 e. The van der Waals surface area contributed by atoms with Crippen molar-refractivity contribution in [2.75, 3.05) is 11.9 Å². The van der Waals surface area contributed by atoms with Gasteiger partial charge in [0.05, 0.1) is 5.69 Å². The van der Waals surface area contributed by atoms with Crippen LogP contribution in [0.25, 0.3) is 16.7 Å². The molecule has 168 valence electrons. The van der Waals surface area contributed by atoms with E-state index in [1.54, 1.807) is 16.9 Å². The number of nitrogens with one attached hydrogen (secondary N) is 2. The van der Waals surface area contributed by atoms with Crippen molar-refractivity contribution in [1.82, 2.24) is 20.3 Å². The molecule has 7 nitrogen and oxygen atoms in total. The van der Waals surface area contributed by atoms with Gasteiger partial charge in [-0.15, -0.1) is 10.2 Å². The second kappa shape index (κ2) is 9.56. The van der Waals surface area contributed by atoms with Crippen LogP contribution in [0, 0.1) is 20.8 Å². The van der Waals surface area contributed by atoms with E-state index in [4.69, 9.17) is 28.6 Å². The Kier molecular flexibility index (Phi) is 6.57. The number of ether oxygens (including phenoxy) is 1. The van der Waals surface area contributed by atoms with Crippen LogP contribution in [0.3, 0.4) is 0 Å². The summed E-state index contributed by atoms with van der Waals surface area (Å²) in [5.74, 6) is 0.206. The fraction of sp³-hybridized carbons (Fsp3) is 0.167. The zero-order valence-corrected chi connectivity index (χ0v) is 19.9. The lowest BCUT2D eigenvalue weighted by atomic mass is 10.1. The van der Waals surface area contributed by atoms with E-state index >= 15 is 0 Å². The Morgan fingerprint density at radius 2 is 1.64 bits per heavy atom. The zero-order chi connectivity index (χ0) is 23.5. The van der Waals surface area contributed by atoms with Gasteiger partial charge in [-0.3, -0.25) is 10.1 Å². The van der Waals surface area contributed by atoms with Crippen molar-refractivity contribution >= 4 is 51.6 Å². The zero-order valence-electron chi connectivity index (χ0n) is 18.3. The highest BCUT2D eigenvalue weighted by atomic mass is 35.5. The fourth-order valence-electron chi connectivity index (χ4n) is 3.33. The molecule has 9 heteroatoms. The van der Waals surface area contributed by atoms with Crippen LogP contribution in [0.4, 0.5) is 5.69 Å². The minimum atomic E-state index is -0.369. The normalized spacial score (nSPS) is 10.8. The van der Waals surface area contributed by atoms with Crippen molar-refractivity contribution in [2.24, 2.45) is 0 Å². The van der Waals surface area contributed by atoms with E-state index in [1.165, 1.54) is 0 Å². The molecular weight excluding hydrogens is 458 g/mol. The number of nitrogens with zero attached hydrogens (tertiary/aromatic N) is 3. The molecule has 0 fully saturated rings. The van der Waals surface area contributed by atoms with E-state index < -0.39 is 0 Å². The predicted octanol–water partition coefficient (Wildman–Crippen LogP) is 4.89. The van der Waals surface area contributed by atoms with Gasteiger partial charge in [-0.25, -0.2) is 0 Å². The van der Waals surface area contributed by atoms with Crippen LogP contribution in [0.2, 0.25) is 5.02 Å². The number of hydrogen-bond acceptors (Lipinski definition) is 5. The van der Waals surface area contributed by atoms with Crippen LogP contribution in [-0.4, -0.2) is 32.6 Å². The van der Waals surface area contributed by atoms with Crippen molar-refractivity contribution in [3.8, 4) is 11.4 Å². The third kappa shape index (κ3) is 5.30. The number of hydrogen-bond donors (Lipinski definition) is 2. The second-order valence-corrected chi connectivity index (χ2v) is 8.43. The number of benzene rings is 3. The van der Waals surface area contributed by atoms with Crippen LogP contribution in [0.5, 0.6) is 5.75 Å². The number of anilines is 1. The predicted molar refractivity (Wildman–Crippen MR) is 134 cm³/mol. The van der Waals surface area contributed by atoms with Crippen LogP contribution in [0.15, 0.2) is 54.6 Å². The summed E-state index contributed by atoms with van der Waals surface area (Å²) >= 11 is 11.5. The Bertz CT molecular complexity index is 1330. The summed E-state index contributed by atoms with van der Waals surface area (Å²) in [6.45, 7) is 5.53. The quantitative estimate of drug-likeness (QED) is 0.396. The molecule has 0 saturated carbocycles. The smallest absolute Gasteiger partial charge is 0.264 e. The topological polar surface area (TPSA) is 81.1 Å². The molecule has 3 aromatic carbocycles. The maximum Gasteiger partial charge on any atom is 0.264 e. The molecular formula is C24H22ClN5O2S. The Labute approximate surface area is 201 Å². The van der Waals surface area contributed by atoms with Gasteiger partial charge in [-0.05, 0) is 86.1 Å². The highest BCUT2D eigenvalue weighted by molar-refractivity contribution is 7.80. The fourth-order valence-corrected chi connectivity index (χ4v) is 3.67. The molecule has 0 aliphatic rings. The molecule has 0 atom stereocenters. The van der Waals surface area contributed by atoms with Crippen molar-refractivity contribution in [3.05, 3.63) is 76.3 Å². The summed E-state index contributed by atoms with van der Waals surface area (Å²) in [4.78, 5) is 13.9. The van der Waals surface area contributed by atoms with Gasteiger partial charge >= 0.3 is 0 Å². The van der Waals surface area contributed by atoms with E-state index in [1.807, 2.05) is 63.2 Å². The first-order chi connectivity index (χ1) is 15.8. The molecule has 0 aliphatic heterocycles. The van der Waals surface area contributed by atoms with Gasteiger partial charge in [-0.2, -0.15) is 4.80 Å². The first kappa shape index (κ1) is 22.7. The van der Waals surface area contributed by atoms with E-state index in [-0.39, 0.29) is 17.6 Å². The number of rotatable bonds is 5. The van der Waals surface area contributed by atoms with Crippen molar-refractivity contribution < 1.29 is 9.53 Å². The lowest BCUT2D eigenvalue weighted by Gasteiger charge is -2.13. The Morgan fingerprint density at radius 3 is 2.30 bits per heavy atom. The Balaban J connectivity index is 1.40. The number of carbonyl (C=O) groups is 1. The molecule has 0 bridgehead atoms. The number of halogens is 1. The average molecular weight is 480 g/mol. The summed E-state index contributed by atoms with van der Waals surface area (Å²) in [5, 5.41) is 15.6. The van der Waals surface area contributed by atoms with Crippen molar-refractivity contribution in [1.29, 1.82) is 0 Å². The van der Waals surface area contributed by atoms with Crippen LogP contribution < -0.4 is 15.4 Å². The van der Waals surface area contributed by atoms with E-state index in [0.717, 1.165) is 33.6 Å². The Hall–Kier alpha value is -3.49. The number of aryl methyl sites for hydroxylation is 3. The van der Waals surface area contributed by atoms with Crippen molar-refractivity contribution in [2.45, 2.75) is 20.8 Å². The number of aromatic nitrogens is 3. The molecule has 0 saturated heterocycles. The summed E-state index contributed by atoms with van der Waals surface area (Å²) in [6, 6.07) is 17.0. The minimum absolute atomic E-state index is 0.171. The highest BCUT2D eigenvalue weighted by Crippen LogP contribution is 2.26. The van der Waals surface area contributed by atoms with Gasteiger partial charge in [-0.1, -0.05) is 29.8 Å². The van der Waals surface area contributed by atoms with Crippen molar-refractivity contribution in [3.63, 3.8) is 0 Å². The molecule has 0 radical (unpaired) electrons. The summed E-state index contributed by atoms with van der Waals surface area (Å²) in [5.41, 5.74) is 5.77. The largest absolute Gasteiger partial charge is 0.484 e. The second-order valence-electron chi connectivity index (χ2n) is 7.64. The van der Waals surface area contributed by atoms with Crippen LogP contribution >= 0.6 is 23.8 Å². The van der Waals surface area contributed by atoms with Gasteiger partial charge in [0, 0.05) is 10.7 Å². The first-order valence-corrected chi connectivity index (χ1v) is 11.0. The first-order valence-electron chi connectivity index (χ1n) is 10.2. The van der Waals surface area contributed by atoms with E-state index in [9.17, 15) is 4.79 Å². The number of fused-ring (bicyclic) bond motifs is 1.